The van der Waals surface area contributed by atoms with Gasteiger partial charge in [0.2, 0.25) is 0 Å². The van der Waals surface area contributed by atoms with E-state index in [9.17, 15) is 20.2 Å². The molecule has 0 spiro atoms. The van der Waals surface area contributed by atoms with Crippen LogP contribution in [0.1, 0.15) is 45.4 Å². The van der Waals surface area contributed by atoms with Gasteiger partial charge in [0.25, 0.3) is 0 Å². The number of hydrogen-bond donors (Lipinski definition) is 0. The van der Waals surface area contributed by atoms with Crippen LogP contribution in [0, 0.1) is 26.4 Å². The fraction of sp³-hybridized carbons (Fsp3) is 0.667. The minimum atomic E-state index is -1.35. The van der Waals surface area contributed by atoms with Gasteiger partial charge in [-0.15, -0.1) is 4.98 Å². The van der Waals surface area contributed by atoms with Crippen molar-refractivity contribution < 1.29 is 70.7 Å². The SMILES string of the molecule is CCCCOc1nc(OCCCC)nc([C-]([N+](=O)[O-])[N+](=O)[O-])n1.[K+]. The summed E-state index contributed by atoms with van der Waals surface area (Å²) in [7, 11) is 0. The van der Waals surface area contributed by atoms with Crippen molar-refractivity contribution in [3.8, 4) is 12.0 Å². The third kappa shape index (κ3) is 7.66. The van der Waals surface area contributed by atoms with Crippen LogP contribution >= 0.6 is 0 Å². The summed E-state index contributed by atoms with van der Waals surface area (Å²) in [6.45, 7) is 4.46. The fourth-order valence-electron chi connectivity index (χ4n) is 1.41. The Labute approximate surface area is 181 Å². The van der Waals surface area contributed by atoms with Crippen LogP contribution in [0.5, 0.6) is 12.0 Å². The zero-order chi connectivity index (χ0) is 17.2. The van der Waals surface area contributed by atoms with Crippen LogP contribution in [-0.4, -0.2) is 38.0 Å². The zero-order valence-electron chi connectivity index (χ0n) is 13.9. The summed E-state index contributed by atoms with van der Waals surface area (Å²) in [6.07, 6.45) is 1.80. The Kier molecular flexibility index (Phi) is 11.7. The van der Waals surface area contributed by atoms with E-state index in [1.165, 1.54) is 0 Å². The predicted molar refractivity (Wildman–Crippen MR) is 77.0 cm³/mol. The van der Waals surface area contributed by atoms with Gasteiger partial charge in [-0.3, -0.25) is 20.2 Å². The second kappa shape index (κ2) is 12.3. The first-order valence-corrected chi connectivity index (χ1v) is 7.17. The molecule has 0 amide bonds. The van der Waals surface area contributed by atoms with E-state index >= 15 is 0 Å². The van der Waals surface area contributed by atoms with Gasteiger partial charge >= 0.3 is 69.6 Å². The van der Waals surface area contributed by atoms with Crippen LogP contribution in [0.25, 0.3) is 0 Å². The number of hydrogen-bond acceptors (Lipinski definition) is 9. The average molecular weight is 367 g/mol. The third-order valence-corrected chi connectivity index (χ3v) is 2.60. The molecular weight excluding hydrogens is 349 g/mol. The van der Waals surface area contributed by atoms with Crippen LogP contribution < -0.4 is 60.9 Å². The molecule has 0 radical (unpaired) electrons. The number of unbranched alkanes of at least 4 members (excludes halogenated alkanes) is 2. The number of rotatable bonds is 11. The molecule has 0 saturated carbocycles. The van der Waals surface area contributed by atoms with E-state index in [2.05, 4.69) is 15.0 Å². The van der Waals surface area contributed by atoms with E-state index in [1.54, 1.807) is 0 Å². The first-order valence-electron chi connectivity index (χ1n) is 7.17. The van der Waals surface area contributed by atoms with E-state index in [0.29, 0.717) is 12.8 Å². The predicted octanol–water partition coefficient (Wildman–Crippen LogP) is -1.38. The second-order valence-corrected chi connectivity index (χ2v) is 4.47. The molecule has 0 aliphatic rings. The largest absolute Gasteiger partial charge is 1.00 e. The number of aromatic nitrogens is 3. The van der Waals surface area contributed by atoms with Crippen LogP contribution in [0.15, 0.2) is 0 Å². The summed E-state index contributed by atoms with van der Waals surface area (Å²) in [5, 5.41) is 21.7. The van der Waals surface area contributed by atoms with Gasteiger partial charge in [0.15, 0.2) is 0 Å². The molecule has 0 saturated heterocycles. The smallest absolute Gasteiger partial charge is 0.463 e. The Balaban J connectivity index is 0.00000529. The van der Waals surface area contributed by atoms with Crippen molar-refractivity contribution in [1.82, 2.24) is 15.0 Å². The summed E-state index contributed by atoms with van der Waals surface area (Å²) < 4.78 is 10.5. The van der Waals surface area contributed by atoms with Crippen molar-refractivity contribution in [2.75, 3.05) is 13.2 Å². The Hall–Kier alpha value is -1.08. The third-order valence-electron chi connectivity index (χ3n) is 2.60. The summed E-state index contributed by atoms with van der Waals surface area (Å²) in [6, 6.07) is -0.479. The van der Waals surface area contributed by atoms with E-state index in [-0.39, 0.29) is 76.6 Å². The van der Waals surface area contributed by atoms with Crippen LogP contribution in [-0.2, 0) is 0 Å². The van der Waals surface area contributed by atoms with Gasteiger partial charge in [0.05, 0.1) is 13.2 Å². The molecule has 0 unspecified atom stereocenters. The molecule has 0 aliphatic carbocycles. The molecule has 0 fully saturated rings. The summed E-state index contributed by atoms with van der Waals surface area (Å²) >= 11 is 0. The van der Waals surface area contributed by atoms with E-state index in [1.807, 2.05) is 13.8 Å². The van der Waals surface area contributed by atoms with E-state index in [4.69, 9.17) is 9.47 Å². The van der Waals surface area contributed by atoms with Crippen molar-refractivity contribution in [3.63, 3.8) is 0 Å². The molecular formula is C12H18KN5O6. The number of ether oxygens (including phenoxy) is 2. The standard InChI is InChI=1S/C12H18N5O6.K/c1-3-5-7-22-11-13-9(10(16(18)19)17(20)21)14-12(15-11)23-8-6-4-2;/h3-8H2,1-2H3;/q-1;+1. The quantitative estimate of drug-likeness (QED) is 0.152. The first-order chi connectivity index (χ1) is 11.0. The Bertz CT molecular complexity index is 504. The molecule has 0 aromatic carbocycles. The first kappa shape index (κ1) is 22.9. The summed E-state index contributed by atoms with van der Waals surface area (Å²) in [5.41, 5.74) is 0. The normalized spacial score (nSPS) is 9.75. The van der Waals surface area contributed by atoms with E-state index < -0.39 is 21.8 Å². The number of nitro groups is 2. The summed E-state index contributed by atoms with van der Waals surface area (Å²) in [5.74, 6) is -0.701. The summed E-state index contributed by atoms with van der Waals surface area (Å²) in [4.78, 5) is 30.4. The van der Waals surface area contributed by atoms with Crippen molar-refractivity contribution >= 4 is 0 Å². The maximum absolute atomic E-state index is 10.8. The topological polar surface area (TPSA) is 143 Å². The van der Waals surface area contributed by atoms with Crippen molar-refractivity contribution in [3.05, 3.63) is 32.2 Å². The average Bonchev–Trinajstić information content (AvgIpc) is 2.47. The molecule has 0 atom stereocenters. The molecule has 0 bridgehead atoms. The molecule has 0 aliphatic heterocycles. The molecule has 128 valence electrons. The van der Waals surface area contributed by atoms with Gasteiger partial charge in [-0.05, 0) is 22.7 Å². The van der Waals surface area contributed by atoms with Gasteiger partial charge in [-0.1, -0.05) is 26.7 Å². The molecule has 24 heavy (non-hydrogen) atoms. The molecule has 1 rings (SSSR count). The van der Waals surface area contributed by atoms with Crippen molar-refractivity contribution in [2.45, 2.75) is 39.5 Å². The van der Waals surface area contributed by atoms with Gasteiger partial charge < -0.3 is 9.47 Å². The Morgan fingerprint density at radius 2 is 1.33 bits per heavy atom. The molecule has 11 nitrogen and oxygen atoms in total. The second-order valence-electron chi connectivity index (χ2n) is 4.47. The number of nitrogens with zero attached hydrogens (tertiary/aromatic N) is 5. The van der Waals surface area contributed by atoms with Crippen LogP contribution in [0.2, 0.25) is 0 Å². The minimum Gasteiger partial charge on any atom is -0.463 e. The van der Waals surface area contributed by atoms with Gasteiger partial charge in [-0.2, -0.15) is 9.97 Å². The molecule has 1 aromatic rings. The van der Waals surface area contributed by atoms with Crippen molar-refractivity contribution in [2.24, 2.45) is 0 Å². The van der Waals surface area contributed by atoms with E-state index in [0.717, 1.165) is 12.8 Å². The Morgan fingerprint density at radius 1 is 0.917 bits per heavy atom. The molecule has 1 aromatic heterocycles. The maximum Gasteiger partial charge on any atom is 1.00 e. The van der Waals surface area contributed by atoms with Crippen LogP contribution in [0.4, 0.5) is 0 Å². The van der Waals surface area contributed by atoms with Gasteiger partial charge in [0.1, 0.15) is 5.82 Å². The fourth-order valence-corrected chi connectivity index (χ4v) is 1.41. The molecule has 12 heteroatoms. The monoisotopic (exact) mass is 367 g/mol. The van der Waals surface area contributed by atoms with Crippen LogP contribution in [0.3, 0.4) is 0 Å². The van der Waals surface area contributed by atoms with Crippen molar-refractivity contribution in [1.29, 1.82) is 0 Å². The maximum atomic E-state index is 10.8. The van der Waals surface area contributed by atoms with Gasteiger partial charge in [0, 0.05) is 0 Å². The Morgan fingerprint density at radius 3 is 1.67 bits per heavy atom. The zero-order valence-corrected chi connectivity index (χ0v) is 17.1. The minimum absolute atomic E-state index is 0. The van der Waals surface area contributed by atoms with Gasteiger partial charge in [-0.25, -0.2) is 0 Å². The molecule has 1 heterocycles. The molecule has 0 N–H and O–H groups in total.